The molecule has 0 N–H and O–H groups in total. The minimum absolute atomic E-state index is 0.0445. The molecule has 0 spiro atoms. The zero-order valence-electron chi connectivity index (χ0n) is 19.6. The molecule has 0 radical (unpaired) electrons. The Bertz CT molecular complexity index is 1770. The number of benzene rings is 3. The molecule has 7 nitrogen and oxygen atoms in total. The average Bonchev–Trinajstić information content (AvgIpc) is 3.31. The summed E-state index contributed by atoms with van der Waals surface area (Å²) in [6.07, 6.45) is 6.81. The lowest BCUT2D eigenvalue weighted by Crippen LogP contribution is -2.20. The normalized spacial score (nSPS) is 11.3. The Labute approximate surface area is 225 Å². The molecule has 2 heterocycles. The van der Waals surface area contributed by atoms with E-state index in [1.807, 2.05) is 37.3 Å². The van der Waals surface area contributed by atoms with Crippen LogP contribution in [0.25, 0.3) is 33.5 Å². The highest BCUT2D eigenvalue weighted by Crippen LogP contribution is 2.36. The van der Waals surface area contributed by atoms with E-state index in [0.29, 0.717) is 50.9 Å². The van der Waals surface area contributed by atoms with Gasteiger partial charge in [-0.2, -0.15) is 9.78 Å². The van der Waals surface area contributed by atoms with E-state index in [0.717, 1.165) is 9.86 Å². The van der Waals surface area contributed by atoms with Gasteiger partial charge in [-0.05, 0) is 61.0 Å². The quantitative estimate of drug-likeness (QED) is 0.163. The zero-order valence-corrected chi connectivity index (χ0v) is 21.9. The molecule has 0 bridgehead atoms. The topological polar surface area (TPSA) is 78.9 Å². The van der Waals surface area contributed by atoms with E-state index in [1.54, 1.807) is 30.3 Å². The fraction of sp³-hybridized carbons (Fsp3) is 0.107. The average molecular weight is 577 g/mol. The van der Waals surface area contributed by atoms with Crippen molar-refractivity contribution in [3.8, 4) is 35.4 Å². The molecule has 0 aliphatic heterocycles. The fourth-order valence-corrected chi connectivity index (χ4v) is 4.47. The van der Waals surface area contributed by atoms with E-state index >= 15 is 0 Å². The van der Waals surface area contributed by atoms with Gasteiger partial charge in [0, 0.05) is 9.86 Å². The van der Waals surface area contributed by atoms with Crippen molar-refractivity contribution in [1.29, 1.82) is 0 Å². The Hall–Kier alpha value is -4.06. The number of para-hydroxylation sites is 1. The Balaban J connectivity index is 1.65. The molecule has 9 heteroatoms. The summed E-state index contributed by atoms with van der Waals surface area (Å²) >= 11 is 9.92. The van der Waals surface area contributed by atoms with Gasteiger partial charge in [0.15, 0.2) is 17.3 Å². The molecule has 0 aliphatic rings. The van der Waals surface area contributed by atoms with Crippen LogP contribution in [0.3, 0.4) is 0 Å². The Morgan fingerprint density at radius 1 is 1.19 bits per heavy atom. The maximum atomic E-state index is 13.5. The van der Waals surface area contributed by atoms with Crippen molar-refractivity contribution in [3.63, 3.8) is 0 Å². The predicted octanol–water partition coefficient (Wildman–Crippen LogP) is 6.52. The first-order chi connectivity index (χ1) is 18.0. The molecule has 0 saturated carbocycles. The van der Waals surface area contributed by atoms with E-state index in [4.69, 9.17) is 36.9 Å². The summed E-state index contributed by atoms with van der Waals surface area (Å²) in [6, 6.07) is 17.9. The monoisotopic (exact) mass is 575 g/mol. The second-order valence-corrected chi connectivity index (χ2v) is 9.19. The first kappa shape index (κ1) is 24.6. The second-order valence-electron chi connectivity index (χ2n) is 7.86. The third kappa shape index (κ3) is 4.96. The summed E-state index contributed by atoms with van der Waals surface area (Å²) in [4.78, 5) is 18.2. The number of aromatic nitrogens is 2. The van der Waals surface area contributed by atoms with Crippen molar-refractivity contribution in [2.75, 3.05) is 13.2 Å². The molecule has 0 atom stereocenters. The molecule has 184 valence electrons. The van der Waals surface area contributed by atoms with Gasteiger partial charge in [0.25, 0.3) is 5.56 Å². The van der Waals surface area contributed by atoms with Gasteiger partial charge in [-0.1, -0.05) is 45.6 Å². The molecule has 0 aliphatic carbocycles. The molecule has 0 amide bonds. The van der Waals surface area contributed by atoms with Crippen LogP contribution in [0.4, 0.5) is 0 Å². The summed E-state index contributed by atoms with van der Waals surface area (Å²) in [5.74, 6) is 3.83. The van der Waals surface area contributed by atoms with Crippen LogP contribution in [0.2, 0.25) is 5.02 Å². The molecule has 5 aromatic rings. The summed E-state index contributed by atoms with van der Waals surface area (Å²) in [6.45, 7) is 2.28. The maximum Gasteiger partial charge on any atom is 0.282 e. The Morgan fingerprint density at radius 2 is 2.03 bits per heavy atom. The van der Waals surface area contributed by atoms with Crippen molar-refractivity contribution in [2.45, 2.75) is 6.92 Å². The van der Waals surface area contributed by atoms with E-state index in [-0.39, 0.29) is 18.0 Å². The minimum atomic E-state index is -0.344. The summed E-state index contributed by atoms with van der Waals surface area (Å²) in [5, 5.41) is 6.07. The second kappa shape index (κ2) is 10.5. The van der Waals surface area contributed by atoms with Crippen LogP contribution in [0.5, 0.6) is 11.5 Å². The summed E-state index contributed by atoms with van der Waals surface area (Å²) in [5.41, 5.74) is 1.43. The summed E-state index contributed by atoms with van der Waals surface area (Å²) < 4.78 is 19.4. The lowest BCUT2D eigenvalue weighted by Gasteiger charge is -2.13. The van der Waals surface area contributed by atoms with Crippen molar-refractivity contribution in [3.05, 3.63) is 86.1 Å². The molecule has 3 aromatic carbocycles. The largest absolute Gasteiger partial charge is 0.490 e. The molecule has 5 rings (SSSR count). The van der Waals surface area contributed by atoms with Crippen LogP contribution in [-0.4, -0.2) is 29.1 Å². The number of hydrogen-bond donors (Lipinski definition) is 0. The lowest BCUT2D eigenvalue weighted by atomic mass is 10.2. The van der Waals surface area contributed by atoms with Crippen LogP contribution < -0.4 is 15.0 Å². The number of rotatable bonds is 7. The first-order valence-corrected chi connectivity index (χ1v) is 12.4. The smallest absolute Gasteiger partial charge is 0.282 e. The number of nitrogens with zero attached hydrogens (tertiary/aromatic N) is 3. The van der Waals surface area contributed by atoms with Crippen molar-refractivity contribution >= 4 is 55.6 Å². The van der Waals surface area contributed by atoms with E-state index in [9.17, 15) is 4.79 Å². The van der Waals surface area contributed by atoms with Crippen LogP contribution in [0.15, 0.2) is 79.4 Å². The van der Waals surface area contributed by atoms with E-state index < -0.39 is 0 Å². The molecule has 2 aromatic heterocycles. The molecule has 37 heavy (non-hydrogen) atoms. The molecule has 0 fully saturated rings. The van der Waals surface area contributed by atoms with Gasteiger partial charge in [-0.25, -0.2) is 4.98 Å². The SMILES string of the molecule is C#CCOc1c(Cl)cc(C=Nn2c(-c3cc4cc(Br)ccc4o3)nc3ccccc3c2=O)cc1OCC. The highest BCUT2D eigenvalue weighted by atomic mass is 79.9. The van der Waals surface area contributed by atoms with Crippen LogP contribution >= 0.6 is 27.5 Å². The number of furan rings is 1. The predicted molar refractivity (Wildman–Crippen MR) is 149 cm³/mol. The Morgan fingerprint density at radius 3 is 2.84 bits per heavy atom. The molecular weight excluding hydrogens is 558 g/mol. The number of hydrogen-bond acceptors (Lipinski definition) is 6. The van der Waals surface area contributed by atoms with Crippen molar-refractivity contribution in [1.82, 2.24) is 9.66 Å². The van der Waals surface area contributed by atoms with Crippen LogP contribution in [0.1, 0.15) is 12.5 Å². The number of halogens is 2. The third-order valence-corrected chi connectivity index (χ3v) is 6.18. The van der Waals surface area contributed by atoms with E-state index in [2.05, 4.69) is 27.0 Å². The summed E-state index contributed by atoms with van der Waals surface area (Å²) in [7, 11) is 0. The maximum absolute atomic E-state index is 13.5. The van der Waals surface area contributed by atoms with Gasteiger partial charge in [-0.3, -0.25) is 4.79 Å². The lowest BCUT2D eigenvalue weighted by molar-refractivity contribution is 0.299. The van der Waals surface area contributed by atoms with Crippen LogP contribution in [-0.2, 0) is 0 Å². The standard InChI is InChI=1S/C28H19BrClN3O4/c1-3-11-36-26-21(30)12-17(13-24(26)35-4-2)16-31-33-27(32-22-8-6-5-7-20(22)28(33)34)25-15-18-14-19(29)9-10-23(18)37-25/h1,5-10,12-16H,4,11H2,2H3. The number of fused-ring (bicyclic) bond motifs is 2. The highest BCUT2D eigenvalue weighted by Gasteiger charge is 2.17. The van der Waals surface area contributed by atoms with Gasteiger partial charge < -0.3 is 13.9 Å². The molecule has 0 unspecified atom stereocenters. The number of ether oxygens (including phenoxy) is 2. The fourth-order valence-electron chi connectivity index (χ4n) is 3.82. The van der Waals surface area contributed by atoms with Gasteiger partial charge in [0.1, 0.15) is 12.2 Å². The van der Waals surface area contributed by atoms with Gasteiger partial charge >= 0.3 is 0 Å². The zero-order chi connectivity index (χ0) is 25.9. The Kier molecular flexibility index (Phi) is 6.99. The van der Waals surface area contributed by atoms with Gasteiger partial charge in [0.05, 0.1) is 28.7 Å². The van der Waals surface area contributed by atoms with Crippen molar-refractivity contribution < 1.29 is 13.9 Å². The number of terminal acetylenes is 1. The van der Waals surface area contributed by atoms with Crippen LogP contribution in [0, 0.1) is 12.3 Å². The minimum Gasteiger partial charge on any atom is -0.490 e. The molecular formula is C28H19BrClN3O4. The van der Waals surface area contributed by atoms with Gasteiger partial charge in [-0.15, -0.1) is 6.42 Å². The third-order valence-electron chi connectivity index (χ3n) is 5.41. The highest BCUT2D eigenvalue weighted by molar-refractivity contribution is 9.10. The first-order valence-electron chi connectivity index (χ1n) is 11.3. The van der Waals surface area contributed by atoms with Gasteiger partial charge in [0.2, 0.25) is 5.82 Å². The molecule has 0 saturated heterocycles. The van der Waals surface area contributed by atoms with Crippen molar-refractivity contribution in [2.24, 2.45) is 5.10 Å². The van der Waals surface area contributed by atoms with E-state index in [1.165, 1.54) is 10.9 Å².